The van der Waals surface area contributed by atoms with Crippen molar-refractivity contribution in [3.8, 4) is 0 Å². The summed E-state index contributed by atoms with van der Waals surface area (Å²) in [5, 5.41) is 2.95. The molecule has 0 spiro atoms. The van der Waals surface area contributed by atoms with Gasteiger partial charge < -0.3 is 10.3 Å². The number of hydrogen-bond donors (Lipinski definition) is 2. The van der Waals surface area contributed by atoms with E-state index in [4.69, 9.17) is 0 Å². The minimum absolute atomic E-state index is 0.0402. The van der Waals surface area contributed by atoms with Crippen LogP contribution in [0.2, 0.25) is 0 Å². The highest BCUT2D eigenvalue weighted by Gasteiger charge is 2.06. The van der Waals surface area contributed by atoms with E-state index in [2.05, 4.69) is 37.3 Å². The highest BCUT2D eigenvalue weighted by atomic mass is 79.9. The summed E-state index contributed by atoms with van der Waals surface area (Å²) in [4.78, 5) is 20.9. The lowest BCUT2D eigenvalue weighted by Crippen LogP contribution is -2.27. The number of aryl methyl sites for hydroxylation is 1. The molecule has 0 saturated heterocycles. The molecule has 24 heavy (non-hydrogen) atoms. The molecular formula is C18H18BrN3OS. The van der Waals surface area contributed by atoms with Crippen LogP contribution in [0.25, 0.3) is 11.0 Å². The molecule has 0 saturated carbocycles. The topological polar surface area (TPSA) is 57.8 Å². The van der Waals surface area contributed by atoms with Gasteiger partial charge in [0.15, 0.2) is 0 Å². The molecule has 2 N–H and O–H groups in total. The molecule has 0 unspecified atom stereocenters. The highest BCUT2D eigenvalue weighted by Crippen LogP contribution is 2.25. The second kappa shape index (κ2) is 7.85. The number of carbonyl (C=O) groups excluding carboxylic acids is 1. The number of imidazole rings is 1. The molecular weight excluding hydrogens is 386 g/mol. The number of para-hydroxylation sites is 2. The molecule has 2 aromatic carbocycles. The van der Waals surface area contributed by atoms with Gasteiger partial charge in [0.25, 0.3) is 0 Å². The largest absolute Gasteiger partial charge is 0.355 e. The Bertz CT molecular complexity index is 829. The first-order chi connectivity index (χ1) is 11.6. The van der Waals surface area contributed by atoms with E-state index in [9.17, 15) is 4.79 Å². The molecule has 1 heterocycles. The highest BCUT2D eigenvalue weighted by molar-refractivity contribution is 9.10. The molecule has 4 nitrogen and oxygen atoms in total. The molecule has 3 aromatic rings. The Morgan fingerprint density at radius 1 is 1.29 bits per heavy atom. The van der Waals surface area contributed by atoms with Crippen LogP contribution in [-0.2, 0) is 11.2 Å². The van der Waals surface area contributed by atoms with Gasteiger partial charge in [-0.25, -0.2) is 4.98 Å². The van der Waals surface area contributed by atoms with Gasteiger partial charge >= 0.3 is 0 Å². The van der Waals surface area contributed by atoms with E-state index >= 15 is 0 Å². The fourth-order valence-corrected chi connectivity index (χ4v) is 3.73. The Labute approximate surface area is 153 Å². The molecule has 0 fully saturated rings. The van der Waals surface area contributed by atoms with E-state index in [1.165, 1.54) is 5.56 Å². The van der Waals surface area contributed by atoms with Crippen LogP contribution >= 0.6 is 27.7 Å². The summed E-state index contributed by atoms with van der Waals surface area (Å²) in [7, 11) is 0. The van der Waals surface area contributed by atoms with Crippen LogP contribution < -0.4 is 5.32 Å². The fourth-order valence-electron chi connectivity index (χ4n) is 2.41. The van der Waals surface area contributed by atoms with Crippen LogP contribution in [0.1, 0.15) is 11.4 Å². The SMILES string of the molecule is Cc1cc(Br)ccc1SCC(=O)NCCc1nc2ccccc2[nH]1. The average Bonchev–Trinajstić information content (AvgIpc) is 2.96. The average molecular weight is 404 g/mol. The maximum atomic E-state index is 12.0. The second-order valence-corrected chi connectivity index (χ2v) is 7.43. The van der Waals surface area contributed by atoms with Crippen molar-refractivity contribution in [3.05, 3.63) is 58.3 Å². The van der Waals surface area contributed by atoms with E-state index in [1.54, 1.807) is 11.8 Å². The van der Waals surface area contributed by atoms with Gasteiger partial charge in [-0.2, -0.15) is 0 Å². The summed E-state index contributed by atoms with van der Waals surface area (Å²) in [6, 6.07) is 14.0. The first-order valence-corrected chi connectivity index (χ1v) is 9.49. The number of halogens is 1. The van der Waals surface area contributed by atoms with Crippen LogP contribution in [-0.4, -0.2) is 28.2 Å². The minimum Gasteiger partial charge on any atom is -0.355 e. The third-order valence-electron chi connectivity index (χ3n) is 3.62. The van der Waals surface area contributed by atoms with Crippen LogP contribution in [0.15, 0.2) is 51.8 Å². The van der Waals surface area contributed by atoms with Crippen molar-refractivity contribution in [2.24, 2.45) is 0 Å². The molecule has 0 radical (unpaired) electrons. The molecule has 1 aromatic heterocycles. The van der Waals surface area contributed by atoms with E-state index in [1.807, 2.05) is 43.3 Å². The Morgan fingerprint density at radius 3 is 2.92 bits per heavy atom. The summed E-state index contributed by atoms with van der Waals surface area (Å²) in [6.45, 7) is 2.63. The molecule has 1 amide bonds. The third-order valence-corrected chi connectivity index (χ3v) is 5.29. The second-order valence-electron chi connectivity index (χ2n) is 5.50. The van der Waals surface area contributed by atoms with Crippen molar-refractivity contribution in [2.75, 3.05) is 12.3 Å². The number of aromatic amines is 1. The maximum Gasteiger partial charge on any atom is 0.230 e. The number of nitrogens with zero attached hydrogens (tertiary/aromatic N) is 1. The first-order valence-electron chi connectivity index (χ1n) is 7.71. The van der Waals surface area contributed by atoms with Crippen molar-refractivity contribution in [1.82, 2.24) is 15.3 Å². The van der Waals surface area contributed by atoms with E-state index in [0.29, 0.717) is 18.7 Å². The summed E-state index contributed by atoms with van der Waals surface area (Å²) in [6.07, 6.45) is 0.697. The van der Waals surface area contributed by atoms with Crippen molar-refractivity contribution < 1.29 is 4.79 Å². The van der Waals surface area contributed by atoms with Crippen LogP contribution in [0, 0.1) is 6.92 Å². The first kappa shape index (κ1) is 17.0. The Kier molecular flexibility index (Phi) is 5.58. The molecule has 124 valence electrons. The maximum absolute atomic E-state index is 12.0. The molecule has 0 aliphatic carbocycles. The number of thioether (sulfide) groups is 1. The van der Waals surface area contributed by atoms with Gasteiger partial charge in [-0.05, 0) is 42.8 Å². The van der Waals surface area contributed by atoms with Crippen LogP contribution in [0.3, 0.4) is 0 Å². The van der Waals surface area contributed by atoms with E-state index in [0.717, 1.165) is 26.2 Å². The molecule has 0 aliphatic heterocycles. The number of H-pyrrole nitrogens is 1. The number of benzene rings is 2. The number of rotatable bonds is 6. The quantitative estimate of drug-likeness (QED) is 0.609. The molecule has 0 atom stereocenters. The number of aromatic nitrogens is 2. The Balaban J connectivity index is 1.45. The van der Waals surface area contributed by atoms with Gasteiger partial charge in [0.05, 0.1) is 16.8 Å². The number of amides is 1. The fraction of sp³-hybridized carbons (Fsp3) is 0.222. The lowest BCUT2D eigenvalue weighted by Gasteiger charge is -2.07. The lowest BCUT2D eigenvalue weighted by atomic mass is 10.2. The van der Waals surface area contributed by atoms with Gasteiger partial charge in [-0.3, -0.25) is 4.79 Å². The van der Waals surface area contributed by atoms with Gasteiger partial charge in [-0.1, -0.05) is 28.1 Å². The van der Waals surface area contributed by atoms with Crippen molar-refractivity contribution in [2.45, 2.75) is 18.2 Å². The molecule has 0 aliphatic rings. The van der Waals surface area contributed by atoms with E-state index in [-0.39, 0.29) is 5.91 Å². The lowest BCUT2D eigenvalue weighted by molar-refractivity contribution is -0.118. The third kappa shape index (κ3) is 4.39. The Hall–Kier alpha value is -1.79. The monoisotopic (exact) mass is 403 g/mol. The number of nitrogens with one attached hydrogen (secondary N) is 2. The number of carbonyl (C=O) groups is 1. The zero-order valence-corrected chi connectivity index (χ0v) is 15.7. The van der Waals surface area contributed by atoms with Gasteiger partial charge in [0.1, 0.15) is 5.82 Å². The van der Waals surface area contributed by atoms with Crippen LogP contribution in [0.4, 0.5) is 0 Å². The zero-order chi connectivity index (χ0) is 16.9. The van der Waals surface area contributed by atoms with Crippen molar-refractivity contribution in [1.29, 1.82) is 0 Å². The predicted octanol–water partition coefficient (Wildman–Crippen LogP) is 4.08. The van der Waals surface area contributed by atoms with E-state index < -0.39 is 0 Å². The summed E-state index contributed by atoms with van der Waals surface area (Å²) in [5.41, 5.74) is 3.16. The molecule has 6 heteroatoms. The number of hydrogen-bond acceptors (Lipinski definition) is 3. The zero-order valence-electron chi connectivity index (χ0n) is 13.3. The number of fused-ring (bicyclic) bond motifs is 1. The van der Waals surface area contributed by atoms with Crippen molar-refractivity contribution >= 4 is 44.6 Å². The predicted molar refractivity (Wildman–Crippen MR) is 102 cm³/mol. The smallest absolute Gasteiger partial charge is 0.230 e. The van der Waals surface area contributed by atoms with Gasteiger partial charge in [0.2, 0.25) is 5.91 Å². The summed E-state index contributed by atoms with van der Waals surface area (Å²) >= 11 is 5.01. The summed E-state index contributed by atoms with van der Waals surface area (Å²) in [5.74, 6) is 1.36. The van der Waals surface area contributed by atoms with Gasteiger partial charge in [-0.15, -0.1) is 11.8 Å². The Morgan fingerprint density at radius 2 is 2.12 bits per heavy atom. The standard InChI is InChI=1S/C18H18BrN3OS/c1-12-10-13(19)6-7-16(12)24-11-18(23)20-9-8-17-21-14-4-2-3-5-15(14)22-17/h2-7,10H,8-9,11H2,1H3,(H,20,23)(H,21,22). The van der Waals surface area contributed by atoms with Crippen LogP contribution in [0.5, 0.6) is 0 Å². The normalized spacial score (nSPS) is 10.9. The molecule has 3 rings (SSSR count). The minimum atomic E-state index is 0.0402. The van der Waals surface area contributed by atoms with Gasteiger partial charge in [0, 0.05) is 22.3 Å². The van der Waals surface area contributed by atoms with Crippen molar-refractivity contribution in [3.63, 3.8) is 0 Å². The molecule has 0 bridgehead atoms. The summed E-state index contributed by atoms with van der Waals surface area (Å²) < 4.78 is 1.06.